The van der Waals surface area contributed by atoms with Crippen molar-refractivity contribution >= 4 is 10.9 Å². The first-order chi connectivity index (χ1) is 9.84. The number of nitrogens with one attached hydrogen (secondary N) is 1. The summed E-state index contributed by atoms with van der Waals surface area (Å²) in [5, 5.41) is 4.84. The number of aryl methyl sites for hydroxylation is 1. The largest absolute Gasteiger partial charge is 0.350 e. The molecule has 0 atom stereocenters. The zero-order valence-electron chi connectivity index (χ0n) is 11.7. The van der Waals surface area contributed by atoms with E-state index in [1.165, 1.54) is 16.5 Å². The molecule has 3 aromatic rings. The van der Waals surface area contributed by atoms with Crippen LogP contribution in [0.2, 0.25) is 0 Å². The van der Waals surface area contributed by atoms with Gasteiger partial charge in [0.05, 0.1) is 0 Å². The minimum atomic E-state index is 0.897. The fraction of sp³-hybridized carbons (Fsp3) is 0.235. The molecule has 1 N–H and O–H groups in total. The van der Waals surface area contributed by atoms with E-state index in [4.69, 9.17) is 0 Å². The van der Waals surface area contributed by atoms with E-state index >= 15 is 0 Å². The maximum Gasteiger partial charge on any atom is 0.0481 e. The van der Waals surface area contributed by atoms with Crippen molar-refractivity contribution in [1.82, 2.24) is 14.9 Å². The maximum atomic E-state index is 4.33. The smallest absolute Gasteiger partial charge is 0.0481 e. The summed E-state index contributed by atoms with van der Waals surface area (Å²) >= 11 is 0. The minimum Gasteiger partial charge on any atom is -0.350 e. The average Bonchev–Trinajstić information content (AvgIpc) is 2.82. The molecule has 3 rings (SSSR count). The molecule has 2 aromatic heterocycles. The number of pyridine rings is 1. The molecule has 0 saturated heterocycles. The van der Waals surface area contributed by atoms with Crippen molar-refractivity contribution in [2.75, 3.05) is 6.54 Å². The van der Waals surface area contributed by atoms with Gasteiger partial charge >= 0.3 is 0 Å². The van der Waals surface area contributed by atoms with Crippen LogP contribution < -0.4 is 5.32 Å². The molecule has 0 aliphatic rings. The Morgan fingerprint density at radius 1 is 1.10 bits per heavy atom. The topological polar surface area (TPSA) is 29.9 Å². The zero-order valence-corrected chi connectivity index (χ0v) is 11.7. The highest BCUT2D eigenvalue weighted by molar-refractivity contribution is 5.83. The fourth-order valence-corrected chi connectivity index (χ4v) is 2.55. The first kappa shape index (κ1) is 12.9. The molecule has 0 bridgehead atoms. The van der Waals surface area contributed by atoms with Gasteiger partial charge in [0, 0.05) is 55.5 Å². The molecule has 20 heavy (non-hydrogen) atoms. The third kappa shape index (κ3) is 2.73. The lowest BCUT2D eigenvalue weighted by Gasteiger charge is -2.03. The Hall–Kier alpha value is -2.13. The number of aromatic nitrogens is 2. The third-order valence-corrected chi connectivity index (χ3v) is 3.58. The molecule has 102 valence electrons. The van der Waals surface area contributed by atoms with Crippen molar-refractivity contribution in [2.45, 2.75) is 13.0 Å². The number of benzene rings is 1. The van der Waals surface area contributed by atoms with E-state index in [1.54, 1.807) is 0 Å². The molecule has 1 aromatic carbocycles. The number of fused-ring (bicyclic) bond motifs is 1. The van der Waals surface area contributed by atoms with E-state index in [9.17, 15) is 0 Å². The van der Waals surface area contributed by atoms with Gasteiger partial charge in [0.15, 0.2) is 0 Å². The van der Waals surface area contributed by atoms with E-state index in [0.29, 0.717) is 0 Å². The molecule has 0 aliphatic carbocycles. The van der Waals surface area contributed by atoms with Gasteiger partial charge in [-0.1, -0.05) is 24.3 Å². The first-order valence-electron chi connectivity index (χ1n) is 6.98. The summed E-state index contributed by atoms with van der Waals surface area (Å²) in [4.78, 5) is 4.33. The van der Waals surface area contributed by atoms with E-state index in [-0.39, 0.29) is 0 Å². The second-order valence-corrected chi connectivity index (χ2v) is 5.03. The predicted octanol–water partition coefficient (Wildman–Crippen LogP) is 2.91. The highest BCUT2D eigenvalue weighted by Gasteiger charge is 2.04. The third-order valence-electron chi connectivity index (χ3n) is 3.58. The first-order valence-corrected chi connectivity index (χ1v) is 6.98. The Morgan fingerprint density at radius 3 is 2.80 bits per heavy atom. The van der Waals surface area contributed by atoms with Crippen LogP contribution in [0.5, 0.6) is 0 Å². The SMILES string of the molecule is Cn1cc(CNCCc2ccccn2)c2ccccc21. The number of hydrogen-bond donors (Lipinski definition) is 1. The molecule has 0 fully saturated rings. The summed E-state index contributed by atoms with van der Waals surface area (Å²) < 4.78 is 2.19. The van der Waals surface area contributed by atoms with Gasteiger partial charge in [-0.25, -0.2) is 0 Å². The lowest BCUT2D eigenvalue weighted by Crippen LogP contribution is -2.16. The number of nitrogens with zero attached hydrogens (tertiary/aromatic N) is 2. The Labute approximate surface area is 119 Å². The van der Waals surface area contributed by atoms with Gasteiger partial charge in [0.2, 0.25) is 0 Å². The van der Waals surface area contributed by atoms with Gasteiger partial charge in [-0.15, -0.1) is 0 Å². The van der Waals surface area contributed by atoms with Crippen LogP contribution in [0.4, 0.5) is 0 Å². The summed E-state index contributed by atoms with van der Waals surface area (Å²) in [6.07, 6.45) is 5.02. The molecule has 0 saturated carbocycles. The summed E-state index contributed by atoms with van der Waals surface area (Å²) in [6.45, 7) is 1.84. The summed E-state index contributed by atoms with van der Waals surface area (Å²) in [5.74, 6) is 0. The molecule has 0 aliphatic heterocycles. The van der Waals surface area contributed by atoms with Crippen LogP contribution in [-0.2, 0) is 20.0 Å². The maximum absolute atomic E-state index is 4.33. The van der Waals surface area contributed by atoms with Crippen LogP contribution in [-0.4, -0.2) is 16.1 Å². The lowest BCUT2D eigenvalue weighted by atomic mass is 10.2. The lowest BCUT2D eigenvalue weighted by molar-refractivity contribution is 0.681. The van der Waals surface area contributed by atoms with Crippen molar-refractivity contribution in [2.24, 2.45) is 7.05 Å². The van der Waals surface area contributed by atoms with E-state index in [1.807, 2.05) is 18.3 Å². The molecule has 0 amide bonds. The summed E-state index contributed by atoms with van der Waals surface area (Å²) in [6, 6.07) is 14.6. The Bertz CT molecular complexity index is 686. The molecule has 3 heteroatoms. The van der Waals surface area contributed by atoms with Gasteiger partial charge in [-0.3, -0.25) is 4.98 Å². The zero-order chi connectivity index (χ0) is 13.8. The number of para-hydroxylation sites is 1. The highest BCUT2D eigenvalue weighted by Crippen LogP contribution is 2.19. The fourth-order valence-electron chi connectivity index (χ4n) is 2.55. The van der Waals surface area contributed by atoms with Crippen molar-refractivity contribution in [3.8, 4) is 0 Å². The minimum absolute atomic E-state index is 0.897. The van der Waals surface area contributed by atoms with Crippen molar-refractivity contribution in [3.05, 3.63) is 66.1 Å². The van der Waals surface area contributed by atoms with Crippen LogP contribution in [0.1, 0.15) is 11.3 Å². The highest BCUT2D eigenvalue weighted by atomic mass is 14.9. The van der Waals surface area contributed by atoms with Crippen LogP contribution in [0.3, 0.4) is 0 Å². The molecule has 0 spiro atoms. The van der Waals surface area contributed by atoms with Crippen molar-refractivity contribution < 1.29 is 0 Å². The van der Waals surface area contributed by atoms with Crippen molar-refractivity contribution in [3.63, 3.8) is 0 Å². The summed E-state index contributed by atoms with van der Waals surface area (Å²) in [5.41, 5.74) is 3.77. The van der Waals surface area contributed by atoms with Gasteiger partial charge in [-0.05, 0) is 23.8 Å². The van der Waals surface area contributed by atoms with Crippen LogP contribution in [0.15, 0.2) is 54.9 Å². The van der Waals surface area contributed by atoms with Gasteiger partial charge in [0.1, 0.15) is 0 Å². The number of hydrogen-bond acceptors (Lipinski definition) is 2. The Morgan fingerprint density at radius 2 is 1.95 bits per heavy atom. The number of rotatable bonds is 5. The molecule has 0 unspecified atom stereocenters. The second-order valence-electron chi connectivity index (χ2n) is 5.03. The molecular formula is C17H19N3. The summed E-state index contributed by atoms with van der Waals surface area (Å²) in [7, 11) is 2.10. The van der Waals surface area contributed by atoms with Crippen LogP contribution >= 0.6 is 0 Å². The van der Waals surface area contributed by atoms with E-state index < -0.39 is 0 Å². The normalized spacial score (nSPS) is 11.1. The van der Waals surface area contributed by atoms with Gasteiger partial charge in [-0.2, -0.15) is 0 Å². The van der Waals surface area contributed by atoms with Crippen LogP contribution in [0.25, 0.3) is 10.9 Å². The second kappa shape index (κ2) is 5.88. The Kier molecular flexibility index (Phi) is 3.79. The molecular weight excluding hydrogens is 246 g/mol. The quantitative estimate of drug-likeness (QED) is 0.719. The average molecular weight is 265 g/mol. The van der Waals surface area contributed by atoms with E-state index in [2.05, 4.69) is 58.4 Å². The van der Waals surface area contributed by atoms with E-state index in [0.717, 1.165) is 25.2 Å². The van der Waals surface area contributed by atoms with Gasteiger partial charge in [0.25, 0.3) is 0 Å². The monoisotopic (exact) mass is 265 g/mol. The molecule has 2 heterocycles. The molecule has 0 radical (unpaired) electrons. The van der Waals surface area contributed by atoms with Crippen LogP contribution in [0, 0.1) is 0 Å². The standard InChI is InChI=1S/C17H19N3/c1-20-13-14(16-7-2-3-8-17(16)20)12-18-11-9-15-6-4-5-10-19-15/h2-8,10,13,18H,9,11-12H2,1H3. The van der Waals surface area contributed by atoms with Gasteiger partial charge < -0.3 is 9.88 Å². The van der Waals surface area contributed by atoms with Crippen molar-refractivity contribution in [1.29, 1.82) is 0 Å². The Balaban J connectivity index is 1.60. The predicted molar refractivity (Wildman–Crippen MR) is 82.6 cm³/mol. The molecule has 3 nitrogen and oxygen atoms in total.